The molecule has 0 bridgehead atoms. The molecule has 0 spiro atoms. The van der Waals surface area contributed by atoms with E-state index in [1.54, 1.807) is 0 Å². The van der Waals surface area contributed by atoms with Crippen LogP contribution in [0.4, 0.5) is 0 Å². The highest BCUT2D eigenvalue weighted by Crippen LogP contribution is 2.25. The molecule has 1 aliphatic rings. The molecule has 13 heavy (non-hydrogen) atoms. The van der Waals surface area contributed by atoms with E-state index in [1.807, 2.05) is 13.8 Å². The summed E-state index contributed by atoms with van der Waals surface area (Å²) < 4.78 is 15.5. The Balaban J connectivity index is 2.41. The second-order valence-corrected chi connectivity index (χ2v) is 3.74. The highest BCUT2D eigenvalue weighted by atomic mass is 16.7. The largest absolute Gasteiger partial charge is 0.465 e. The first-order valence-electron chi connectivity index (χ1n) is 4.37. The third kappa shape index (κ3) is 2.97. The third-order valence-electron chi connectivity index (χ3n) is 2.30. The zero-order chi connectivity index (χ0) is 9.90. The summed E-state index contributed by atoms with van der Waals surface area (Å²) in [7, 11) is 0. The lowest BCUT2D eigenvalue weighted by Crippen LogP contribution is -2.45. The third-order valence-corrected chi connectivity index (χ3v) is 2.30. The van der Waals surface area contributed by atoms with E-state index in [9.17, 15) is 4.79 Å². The summed E-state index contributed by atoms with van der Waals surface area (Å²) in [5.41, 5.74) is -0.270. The molecule has 0 N–H and O–H groups in total. The molecule has 1 rings (SSSR count). The molecule has 0 saturated carbocycles. The lowest BCUT2D eigenvalue weighted by molar-refractivity contribution is -0.220. The first-order valence-corrected chi connectivity index (χ1v) is 4.37. The van der Waals surface area contributed by atoms with Gasteiger partial charge in [-0.1, -0.05) is 0 Å². The van der Waals surface area contributed by atoms with Crippen molar-refractivity contribution in [2.45, 2.75) is 26.4 Å². The van der Waals surface area contributed by atoms with E-state index in [-0.39, 0.29) is 17.5 Å². The lowest BCUT2D eigenvalue weighted by atomic mass is 9.91. The molecule has 0 radical (unpaired) electrons. The fourth-order valence-electron chi connectivity index (χ4n) is 1.17. The van der Waals surface area contributed by atoms with Crippen LogP contribution >= 0.6 is 0 Å². The molecule has 1 atom stereocenters. The van der Waals surface area contributed by atoms with E-state index >= 15 is 0 Å². The molecule has 1 heterocycles. The Morgan fingerprint density at radius 1 is 1.62 bits per heavy atom. The minimum absolute atomic E-state index is 0.116. The molecule has 0 aromatic heterocycles. The Hall–Kier alpha value is -0.610. The molecular formula is C9H16O4. The van der Waals surface area contributed by atoms with Crippen LogP contribution in [0.5, 0.6) is 0 Å². The number of hydrogen-bond donors (Lipinski definition) is 0. The van der Waals surface area contributed by atoms with E-state index < -0.39 is 0 Å². The summed E-state index contributed by atoms with van der Waals surface area (Å²) in [4.78, 5) is 10.6. The topological polar surface area (TPSA) is 44.8 Å². The summed E-state index contributed by atoms with van der Waals surface area (Å²) >= 11 is 0. The number of esters is 1. The van der Waals surface area contributed by atoms with E-state index in [1.165, 1.54) is 6.92 Å². The van der Waals surface area contributed by atoms with Crippen LogP contribution in [0.2, 0.25) is 0 Å². The van der Waals surface area contributed by atoms with E-state index in [2.05, 4.69) is 0 Å². The second kappa shape index (κ2) is 4.07. The van der Waals surface area contributed by atoms with Gasteiger partial charge in [0.2, 0.25) is 0 Å². The van der Waals surface area contributed by atoms with Crippen molar-refractivity contribution in [3.63, 3.8) is 0 Å². The zero-order valence-electron chi connectivity index (χ0n) is 8.33. The normalized spacial score (nSPS) is 26.8. The van der Waals surface area contributed by atoms with Crippen molar-refractivity contribution in [3.8, 4) is 0 Å². The Morgan fingerprint density at radius 2 is 2.31 bits per heavy atom. The molecule has 4 heteroatoms. The van der Waals surface area contributed by atoms with Crippen molar-refractivity contribution < 1.29 is 19.0 Å². The zero-order valence-corrected chi connectivity index (χ0v) is 8.33. The maximum atomic E-state index is 10.6. The summed E-state index contributed by atoms with van der Waals surface area (Å²) in [5.74, 6) is -0.147. The van der Waals surface area contributed by atoms with Crippen molar-refractivity contribution in [3.05, 3.63) is 0 Å². The SMILES string of the molecule is CC(=O)OC[C@H]1COCOC1(C)C. The van der Waals surface area contributed by atoms with Gasteiger partial charge in [-0.05, 0) is 13.8 Å². The molecule has 1 aliphatic heterocycles. The maximum absolute atomic E-state index is 10.6. The van der Waals surface area contributed by atoms with Gasteiger partial charge in [-0.15, -0.1) is 0 Å². The van der Waals surface area contributed by atoms with Gasteiger partial charge in [-0.3, -0.25) is 4.79 Å². The predicted molar refractivity (Wildman–Crippen MR) is 46.1 cm³/mol. The van der Waals surface area contributed by atoms with Crippen LogP contribution < -0.4 is 0 Å². The molecule has 0 aliphatic carbocycles. The molecule has 76 valence electrons. The van der Waals surface area contributed by atoms with Gasteiger partial charge in [0, 0.05) is 12.8 Å². The highest BCUT2D eigenvalue weighted by Gasteiger charge is 2.34. The van der Waals surface area contributed by atoms with Gasteiger partial charge in [-0.2, -0.15) is 0 Å². The summed E-state index contributed by atoms with van der Waals surface area (Å²) in [6.07, 6.45) is 0. The minimum Gasteiger partial charge on any atom is -0.465 e. The van der Waals surface area contributed by atoms with E-state index in [4.69, 9.17) is 14.2 Å². The molecular weight excluding hydrogens is 172 g/mol. The first kappa shape index (κ1) is 10.5. The fraction of sp³-hybridized carbons (Fsp3) is 0.889. The summed E-state index contributed by atoms with van der Waals surface area (Å²) in [5, 5.41) is 0. The average Bonchev–Trinajstić information content (AvgIpc) is 2.01. The minimum atomic E-state index is -0.270. The Morgan fingerprint density at radius 3 is 2.85 bits per heavy atom. The molecule has 4 nitrogen and oxygen atoms in total. The second-order valence-electron chi connectivity index (χ2n) is 3.74. The van der Waals surface area contributed by atoms with Crippen LogP contribution in [0.3, 0.4) is 0 Å². The molecule has 0 unspecified atom stereocenters. The van der Waals surface area contributed by atoms with Gasteiger partial charge in [0.05, 0.1) is 18.8 Å². The number of hydrogen-bond acceptors (Lipinski definition) is 4. The lowest BCUT2D eigenvalue weighted by Gasteiger charge is -2.37. The number of ether oxygens (including phenoxy) is 3. The van der Waals surface area contributed by atoms with Gasteiger partial charge in [0.1, 0.15) is 6.79 Å². The maximum Gasteiger partial charge on any atom is 0.302 e. The van der Waals surface area contributed by atoms with Gasteiger partial charge in [0.15, 0.2) is 0 Å². The fourth-order valence-corrected chi connectivity index (χ4v) is 1.17. The molecule has 0 aromatic rings. The van der Waals surface area contributed by atoms with Gasteiger partial charge in [0.25, 0.3) is 0 Å². The summed E-state index contributed by atoms with van der Waals surface area (Å²) in [6, 6.07) is 0. The van der Waals surface area contributed by atoms with Crippen LogP contribution in [0.25, 0.3) is 0 Å². The molecule has 0 amide bonds. The smallest absolute Gasteiger partial charge is 0.302 e. The van der Waals surface area contributed by atoms with Crippen LogP contribution in [0, 0.1) is 5.92 Å². The van der Waals surface area contributed by atoms with Crippen molar-refractivity contribution in [1.29, 1.82) is 0 Å². The van der Waals surface area contributed by atoms with Crippen molar-refractivity contribution in [1.82, 2.24) is 0 Å². The number of rotatable bonds is 2. The first-order chi connectivity index (χ1) is 6.02. The van der Waals surface area contributed by atoms with Crippen molar-refractivity contribution in [2.75, 3.05) is 20.0 Å². The van der Waals surface area contributed by atoms with Gasteiger partial charge >= 0.3 is 5.97 Å². The summed E-state index contributed by atoms with van der Waals surface area (Å²) in [6.45, 7) is 6.62. The van der Waals surface area contributed by atoms with Crippen molar-refractivity contribution >= 4 is 5.97 Å². The number of carbonyl (C=O) groups is 1. The van der Waals surface area contributed by atoms with Crippen LogP contribution in [-0.2, 0) is 19.0 Å². The average molecular weight is 188 g/mol. The van der Waals surface area contributed by atoms with Gasteiger partial charge < -0.3 is 14.2 Å². The standard InChI is InChI=1S/C9H16O4/c1-7(10)12-5-8-4-11-6-13-9(8,2)3/h8H,4-6H2,1-3H3/t8-/m1/s1. The van der Waals surface area contributed by atoms with Gasteiger partial charge in [-0.25, -0.2) is 0 Å². The van der Waals surface area contributed by atoms with E-state index in [0.717, 1.165) is 0 Å². The van der Waals surface area contributed by atoms with Crippen LogP contribution in [0.15, 0.2) is 0 Å². The van der Waals surface area contributed by atoms with E-state index in [0.29, 0.717) is 20.0 Å². The molecule has 1 fully saturated rings. The quantitative estimate of drug-likeness (QED) is 0.605. The highest BCUT2D eigenvalue weighted by molar-refractivity contribution is 5.65. The molecule has 1 saturated heterocycles. The predicted octanol–water partition coefficient (Wildman–Crippen LogP) is 0.949. The number of carbonyl (C=O) groups excluding carboxylic acids is 1. The van der Waals surface area contributed by atoms with Crippen LogP contribution in [0.1, 0.15) is 20.8 Å². The molecule has 0 aromatic carbocycles. The monoisotopic (exact) mass is 188 g/mol. The Labute approximate surface area is 78.2 Å². The Kier molecular flexibility index (Phi) is 3.27. The Bertz CT molecular complexity index is 188. The van der Waals surface area contributed by atoms with Crippen LogP contribution in [-0.4, -0.2) is 31.6 Å². The van der Waals surface area contributed by atoms with Crippen molar-refractivity contribution in [2.24, 2.45) is 5.92 Å².